The lowest BCUT2D eigenvalue weighted by Gasteiger charge is -2.08. The number of halogens is 2. The number of ether oxygens (including phenoxy) is 1. The highest BCUT2D eigenvalue weighted by Crippen LogP contribution is 2.14. The first-order valence-corrected chi connectivity index (χ1v) is 7.59. The van der Waals surface area contributed by atoms with Crippen molar-refractivity contribution in [2.45, 2.75) is 19.5 Å². The minimum absolute atomic E-state index is 0.119. The van der Waals surface area contributed by atoms with Crippen LogP contribution >= 0.6 is 0 Å². The highest BCUT2D eigenvalue weighted by atomic mass is 19.3. The normalized spacial score (nSPS) is 10.5. The summed E-state index contributed by atoms with van der Waals surface area (Å²) in [6.07, 6.45) is 2.98. The fourth-order valence-corrected chi connectivity index (χ4v) is 2.07. The Labute approximate surface area is 139 Å². The topological polar surface area (TPSA) is 63.2 Å². The van der Waals surface area contributed by atoms with Gasteiger partial charge in [0.2, 0.25) is 0 Å². The van der Waals surface area contributed by atoms with E-state index in [1.807, 2.05) is 18.2 Å². The summed E-state index contributed by atoms with van der Waals surface area (Å²) in [6.45, 7) is -1.88. The van der Waals surface area contributed by atoms with Gasteiger partial charge in [-0.3, -0.25) is 4.98 Å². The molecule has 0 aliphatic rings. The average molecular weight is 335 g/mol. The van der Waals surface area contributed by atoms with Crippen molar-refractivity contribution in [3.8, 4) is 5.75 Å². The molecule has 0 aliphatic heterocycles. The largest absolute Gasteiger partial charge is 0.435 e. The van der Waals surface area contributed by atoms with E-state index >= 15 is 0 Å². The molecular weight excluding hydrogens is 316 g/mol. The standard InChI is InChI=1S/C17H19F2N3O2/c18-16(19)24-15-6-4-13(5-7-15)8-11-21-17(23)22-12-9-14-3-1-2-10-20-14/h1-7,10,16H,8-9,11-12H2,(H2,21,22,23). The number of rotatable bonds is 8. The Kier molecular flexibility index (Phi) is 6.94. The van der Waals surface area contributed by atoms with E-state index in [1.165, 1.54) is 12.1 Å². The fraction of sp³-hybridized carbons (Fsp3) is 0.294. The van der Waals surface area contributed by atoms with Crippen molar-refractivity contribution in [1.29, 1.82) is 0 Å². The second-order valence-corrected chi connectivity index (χ2v) is 5.03. The summed E-state index contributed by atoms with van der Waals surface area (Å²) in [7, 11) is 0. The summed E-state index contributed by atoms with van der Waals surface area (Å²) in [5.41, 5.74) is 1.84. The zero-order valence-corrected chi connectivity index (χ0v) is 13.0. The molecule has 5 nitrogen and oxygen atoms in total. The van der Waals surface area contributed by atoms with Crippen LogP contribution in [0.5, 0.6) is 5.75 Å². The Bertz CT molecular complexity index is 621. The predicted molar refractivity (Wildman–Crippen MR) is 86.1 cm³/mol. The van der Waals surface area contributed by atoms with Crippen LogP contribution in [0.3, 0.4) is 0 Å². The smallest absolute Gasteiger partial charge is 0.387 e. The quantitative estimate of drug-likeness (QED) is 0.780. The molecule has 7 heteroatoms. The van der Waals surface area contributed by atoms with Crippen molar-refractivity contribution in [3.05, 3.63) is 59.9 Å². The zero-order valence-electron chi connectivity index (χ0n) is 13.0. The van der Waals surface area contributed by atoms with Crippen molar-refractivity contribution >= 4 is 6.03 Å². The molecule has 2 aromatic rings. The number of pyridine rings is 1. The molecule has 128 valence electrons. The highest BCUT2D eigenvalue weighted by molar-refractivity contribution is 5.73. The first-order valence-electron chi connectivity index (χ1n) is 7.59. The molecule has 0 atom stereocenters. The molecule has 0 spiro atoms. The Morgan fingerprint density at radius 3 is 2.38 bits per heavy atom. The van der Waals surface area contributed by atoms with Crippen LogP contribution in [0.4, 0.5) is 13.6 Å². The summed E-state index contributed by atoms with van der Waals surface area (Å²) in [4.78, 5) is 15.8. The van der Waals surface area contributed by atoms with Gasteiger partial charge in [-0.15, -0.1) is 0 Å². The number of nitrogens with zero attached hydrogens (tertiary/aromatic N) is 1. The molecule has 0 saturated heterocycles. The van der Waals surface area contributed by atoms with E-state index in [9.17, 15) is 13.6 Å². The van der Waals surface area contributed by atoms with Gasteiger partial charge < -0.3 is 15.4 Å². The van der Waals surface area contributed by atoms with E-state index in [0.29, 0.717) is 25.9 Å². The molecule has 24 heavy (non-hydrogen) atoms. The highest BCUT2D eigenvalue weighted by Gasteiger charge is 2.04. The van der Waals surface area contributed by atoms with Crippen molar-refractivity contribution in [2.75, 3.05) is 13.1 Å². The first kappa shape index (κ1) is 17.7. The maximum absolute atomic E-state index is 12.0. The lowest BCUT2D eigenvalue weighted by molar-refractivity contribution is -0.0498. The Morgan fingerprint density at radius 2 is 1.75 bits per heavy atom. The van der Waals surface area contributed by atoms with E-state index in [-0.39, 0.29) is 11.8 Å². The van der Waals surface area contributed by atoms with E-state index in [0.717, 1.165) is 11.3 Å². The van der Waals surface area contributed by atoms with Gasteiger partial charge in [0, 0.05) is 31.4 Å². The molecule has 2 rings (SSSR count). The van der Waals surface area contributed by atoms with Crippen LogP contribution in [0.25, 0.3) is 0 Å². The number of hydrogen-bond acceptors (Lipinski definition) is 3. The van der Waals surface area contributed by atoms with E-state index < -0.39 is 6.61 Å². The molecule has 0 aliphatic carbocycles. The molecule has 1 aromatic heterocycles. The average Bonchev–Trinajstić information content (AvgIpc) is 2.57. The molecular formula is C17H19F2N3O2. The zero-order chi connectivity index (χ0) is 17.2. The molecule has 0 unspecified atom stereocenters. The van der Waals surface area contributed by atoms with Gasteiger partial charge >= 0.3 is 12.6 Å². The van der Waals surface area contributed by atoms with Crippen LogP contribution in [0, 0.1) is 0 Å². The summed E-state index contributed by atoms with van der Waals surface area (Å²) < 4.78 is 28.4. The van der Waals surface area contributed by atoms with Gasteiger partial charge in [0.1, 0.15) is 5.75 Å². The number of alkyl halides is 2. The second kappa shape index (κ2) is 9.44. The molecule has 1 heterocycles. The number of carbonyl (C=O) groups is 1. The van der Waals surface area contributed by atoms with Gasteiger partial charge in [-0.05, 0) is 36.2 Å². The molecule has 0 saturated carbocycles. The molecule has 0 fully saturated rings. The number of hydrogen-bond donors (Lipinski definition) is 2. The molecule has 0 radical (unpaired) electrons. The van der Waals surface area contributed by atoms with Crippen LogP contribution in [-0.4, -0.2) is 30.7 Å². The van der Waals surface area contributed by atoms with Crippen LogP contribution in [0.2, 0.25) is 0 Å². The Hall–Kier alpha value is -2.70. The van der Waals surface area contributed by atoms with Crippen LogP contribution in [-0.2, 0) is 12.8 Å². The summed E-state index contributed by atoms with van der Waals surface area (Å²) in [5, 5.41) is 5.50. The lowest BCUT2D eigenvalue weighted by atomic mass is 10.1. The van der Waals surface area contributed by atoms with Crippen molar-refractivity contribution < 1.29 is 18.3 Å². The number of urea groups is 1. The number of benzene rings is 1. The first-order chi connectivity index (χ1) is 11.6. The van der Waals surface area contributed by atoms with Crippen LogP contribution < -0.4 is 15.4 Å². The van der Waals surface area contributed by atoms with Crippen molar-refractivity contribution in [1.82, 2.24) is 15.6 Å². The van der Waals surface area contributed by atoms with Gasteiger partial charge in [-0.25, -0.2) is 4.79 Å². The van der Waals surface area contributed by atoms with Crippen molar-refractivity contribution in [2.24, 2.45) is 0 Å². The van der Waals surface area contributed by atoms with Crippen LogP contribution in [0.1, 0.15) is 11.3 Å². The van der Waals surface area contributed by atoms with Gasteiger partial charge in [-0.2, -0.15) is 8.78 Å². The third-order valence-corrected chi connectivity index (χ3v) is 3.24. The number of nitrogens with one attached hydrogen (secondary N) is 2. The summed E-state index contributed by atoms with van der Waals surface area (Å²) in [6, 6.07) is 11.7. The van der Waals surface area contributed by atoms with E-state index in [1.54, 1.807) is 18.3 Å². The minimum Gasteiger partial charge on any atom is -0.435 e. The fourth-order valence-electron chi connectivity index (χ4n) is 2.07. The SMILES string of the molecule is O=C(NCCc1ccc(OC(F)F)cc1)NCCc1ccccn1. The Balaban J connectivity index is 1.62. The van der Waals surface area contributed by atoms with Crippen molar-refractivity contribution in [3.63, 3.8) is 0 Å². The maximum Gasteiger partial charge on any atom is 0.387 e. The minimum atomic E-state index is -2.83. The van der Waals surface area contributed by atoms with Gasteiger partial charge in [0.25, 0.3) is 0 Å². The molecule has 2 N–H and O–H groups in total. The van der Waals surface area contributed by atoms with E-state index in [2.05, 4.69) is 20.4 Å². The number of aromatic nitrogens is 1. The molecule has 2 amide bonds. The molecule has 1 aromatic carbocycles. The van der Waals surface area contributed by atoms with Gasteiger partial charge in [0.15, 0.2) is 0 Å². The monoisotopic (exact) mass is 335 g/mol. The third kappa shape index (κ3) is 6.60. The van der Waals surface area contributed by atoms with Crippen LogP contribution in [0.15, 0.2) is 48.7 Å². The number of amides is 2. The molecule has 0 bridgehead atoms. The third-order valence-electron chi connectivity index (χ3n) is 3.24. The van der Waals surface area contributed by atoms with Gasteiger partial charge in [-0.1, -0.05) is 18.2 Å². The predicted octanol–water partition coefficient (Wildman–Crippen LogP) is 2.77. The second-order valence-electron chi connectivity index (χ2n) is 5.03. The number of carbonyl (C=O) groups excluding carboxylic acids is 1. The van der Waals surface area contributed by atoms with E-state index in [4.69, 9.17) is 0 Å². The lowest BCUT2D eigenvalue weighted by Crippen LogP contribution is -2.37. The summed E-state index contributed by atoms with van der Waals surface area (Å²) in [5.74, 6) is 0.119. The summed E-state index contributed by atoms with van der Waals surface area (Å²) >= 11 is 0. The Morgan fingerprint density at radius 1 is 1.04 bits per heavy atom. The maximum atomic E-state index is 12.0. The van der Waals surface area contributed by atoms with Gasteiger partial charge in [0.05, 0.1) is 0 Å².